The third kappa shape index (κ3) is 5.99. The second-order valence-corrected chi connectivity index (χ2v) is 6.76. The predicted octanol–water partition coefficient (Wildman–Crippen LogP) is 3.10. The molecule has 0 unspecified atom stereocenters. The van der Waals surface area contributed by atoms with Gasteiger partial charge in [-0.3, -0.25) is 0 Å². The summed E-state index contributed by atoms with van der Waals surface area (Å²) in [5.41, 5.74) is 6.10. The van der Waals surface area contributed by atoms with Gasteiger partial charge in [-0.05, 0) is 64.5 Å². The Labute approximate surface area is 131 Å². The van der Waals surface area contributed by atoms with E-state index in [1.54, 1.807) is 0 Å². The van der Waals surface area contributed by atoms with Crippen molar-refractivity contribution in [3.8, 4) is 0 Å². The van der Waals surface area contributed by atoms with Gasteiger partial charge >= 0.3 is 6.09 Å². The van der Waals surface area contributed by atoms with Gasteiger partial charge in [0.25, 0.3) is 0 Å². The lowest BCUT2D eigenvalue weighted by atomic mass is 9.94. The van der Waals surface area contributed by atoms with Crippen molar-refractivity contribution >= 4 is 29.1 Å². The zero-order valence-electron chi connectivity index (χ0n) is 13.1. The molecule has 21 heavy (non-hydrogen) atoms. The number of benzene rings is 1. The van der Waals surface area contributed by atoms with Gasteiger partial charge in [0.2, 0.25) is 0 Å². The highest BCUT2D eigenvalue weighted by atomic mass is 32.1. The maximum absolute atomic E-state index is 11.9. The van der Waals surface area contributed by atoms with Crippen molar-refractivity contribution in [3.63, 3.8) is 0 Å². The van der Waals surface area contributed by atoms with Crippen LogP contribution >= 0.6 is 12.2 Å². The van der Waals surface area contributed by atoms with Gasteiger partial charge < -0.3 is 21.1 Å². The molecule has 0 aliphatic rings. The van der Waals surface area contributed by atoms with Crippen molar-refractivity contribution in [2.45, 2.75) is 45.8 Å². The molecule has 1 aromatic rings. The van der Waals surface area contributed by atoms with Gasteiger partial charge in [0.05, 0.1) is 5.54 Å². The van der Waals surface area contributed by atoms with Crippen molar-refractivity contribution < 1.29 is 9.53 Å². The highest BCUT2D eigenvalue weighted by Gasteiger charge is 2.26. The van der Waals surface area contributed by atoms with Crippen LogP contribution in [0, 0.1) is 0 Å². The zero-order chi connectivity index (χ0) is 16.3. The number of amides is 1. The fourth-order valence-electron chi connectivity index (χ4n) is 1.74. The summed E-state index contributed by atoms with van der Waals surface area (Å²) in [7, 11) is 0. The van der Waals surface area contributed by atoms with E-state index < -0.39 is 17.2 Å². The fraction of sp³-hybridized carbons (Fsp3) is 0.467. The first kappa shape index (κ1) is 17.2. The Kier molecular flexibility index (Phi) is 5.17. The normalized spacial score (nSPS) is 11.7. The summed E-state index contributed by atoms with van der Waals surface area (Å²) in [4.78, 5) is 11.9. The first-order chi connectivity index (χ1) is 9.49. The van der Waals surface area contributed by atoms with E-state index in [0.717, 1.165) is 11.3 Å². The van der Waals surface area contributed by atoms with E-state index in [1.807, 2.05) is 58.9 Å². The molecule has 1 rings (SSSR count). The molecule has 0 aromatic heterocycles. The minimum atomic E-state index is -0.552. The van der Waals surface area contributed by atoms with Crippen LogP contribution in [-0.2, 0) is 10.3 Å². The van der Waals surface area contributed by atoms with Crippen molar-refractivity contribution in [2.24, 2.45) is 5.73 Å². The summed E-state index contributed by atoms with van der Waals surface area (Å²) >= 11 is 4.78. The second-order valence-electron chi connectivity index (χ2n) is 6.32. The number of carbonyl (C=O) groups excluding carboxylic acids is 1. The molecule has 0 atom stereocenters. The average Bonchev–Trinajstić information content (AvgIpc) is 2.24. The molecule has 5 nitrogen and oxygen atoms in total. The van der Waals surface area contributed by atoms with Crippen LogP contribution in [-0.4, -0.2) is 16.8 Å². The Balaban J connectivity index is 2.78. The van der Waals surface area contributed by atoms with Crippen LogP contribution in [0.25, 0.3) is 0 Å². The smallest absolute Gasteiger partial charge is 0.408 e. The number of hydrogen-bond acceptors (Lipinski definition) is 3. The summed E-state index contributed by atoms with van der Waals surface area (Å²) in [6.45, 7) is 9.31. The van der Waals surface area contributed by atoms with Crippen molar-refractivity contribution in [3.05, 3.63) is 29.8 Å². The molecule has 6 heteroatoms. The molecule has 0 bridgehead atoms. The van der Waals surface area contributed by atoms with E-state index in [9.17, 15) is 4.79 Å². The van der Waals surface area contributed by atoms with E-state index in [2.05, 4.69) is 10.6 Å². The number of thiocarbonyl (C=S) groups is 1. The summed E-state index contributed by atoms with van der Waals surface area (Å²) in [5, 5.41) is 5.93. The molecular formula is C15H23N3O2S. The molecule has 0 saturated heterocycles. The maximum atomic E-state index is 11.9. The van der Waals surface area contributed by atoms with Crippen LogP contribution in [0.3, 0.4) is 0 Å². The average molecular weight is 309 g/mol. The third-order valence-electron chi connectivity index (χ3n) is 2.69. The molecule has 0 spiro atoms. The summed E-state index contributed by atoms with van der Waals surface area (Å²) in [6, 6.07) is 7.51. The molecule has 0 fully saturated rings. The number of nitrogens with one attached hydrogen (secondary N) is 2. The number of ether oxygens (including phenoxy) is 1. The van der Waals surface area contributed by atoms with Gasteiger partial charge in [0.1, 0.15) is 5.60 Å². The monoisotopic (exact) mass is 309 g/mol. The van der Waals surface area contributed by atoms with Crippen molar-refractivity contribution in [1.29, 1.82) is 0 Å². The van der Waals surface area contributed by atoms with Gasteiger partial charge in [-0.25, -0.2) is 4.79 Å². The number of anilines is 1. The molecule has 116 valence electrons. The lowest BCUT2D eigenvalue weighted by molar-refractivity contribution is 0.0470. The van der Waals surface area contributed by atoms with E-state index in [4.69, 9.17) is 22.7 Å². The molecule has 0 saturated carbocycles. The van der Waals surface area contributed by atoms with Crippen LogP contribution in [0.2, 0.25) is 0 Å². The Hall–Kier alpha value is -1.82. The molecule has 0 aliphatic carbocycles. The van der Waals surface area contributed by atoms with E-state index in [1.165, 1.54) is 0 Å². The van der Waals surface area contributed by atoms with Gasteiger partial charge in [0.15, 0.2) is 5.11 Å². The van der Waals surface area contributed by atoms with Gasteiger partial charge in [-0.2, -0.15) is 0 Å². The highest BCUT2D eigenvalue weighted by molar-refractivity contribution is 7.80. The SMILES string of the molecule is CC(C)(C)OC(=O)NC(C)(C)c1ccc(NC(N)=S)cc1. The number of carbonyl (C=O) groups is 1. The summed E-state index contributed by atoms with van der Waals surface area (Å²) in [5.74, 6) is 0. The molecule has 0 aliphatic heterocycles. The number of alkyl carbamates (subject to hydrolysis) is 1. The van der Waals surface area contributed by atoms with E-state index in [-0.39, 0.29) is 5.11 Å². The van der Waals surface area contributed by atoms with Crippen LogP contribution in [0.4, 0.5) is 10.5 Å². The number of nitrogens with two attached hydrogens (primary N) is 1. The molecule has 4 N–H and O–H groups in total. The largest absolute Gasteiger partial charge is 0.444 e. The topological polar surface area (TPSA) is 76.4 Å². The zero-order valence-corrected chi connectivity index (χ0v) is 13.9. The Morgan fingerprint density at radius 3 is 2.10 bits per heavy atom. The first-order valence-corrected chi connectivity index (χ1v) is 7.08. The van der Waals surface area contributed by atoms with Crippen LogP contribution in [0.15, 0.2) is 24.3 Å². The Morgan fingerprint density at radius 2 is 1.67 bits per heavy atom. The van der Waals surface area contributed by atoms with E-state index >= 15 is 0 Å². The molecule has 0 radical (unpaired) electrons. The quantitative estimate of drug-likeness (QED) is 0.748. The lowest BCUT2D eigenvalue weighted by Crippen LogP contribution is -2.43. The Morgan fingerprint density at radius 1 is 1.14 bits per heavy atom. The van der Waals surface area contributed by atoms with Gasteiger partial charge in [-0.1, -0.05) is 12.1 Å². The van der Waals surface area contributed by atoms with E-state index in [0.29, 0.717) is 0 Å². The van der Waals surface area contributed by atoms with Crippen LogP contribution in [0.1, 0.15) is 40.2 Å². The van der Waals surface area contributed by atoms with Crippen molar-refractivity contribution in [2.75, 3.05) is 5.32 Å². The number of hydrogen-bond donors (Lipinski definition) is 3. The lowest BCUT2D eigenvalue weighted by Gasteiger charge is -2.29. The molecular weight excluding hydrogens is 286 g/mol. The molecule has 1 aromatic carbocycles. The first-order valence-electron chi connectivity index (χ1n) is 6.68. The van der Waals surface area contributed by atoms with Crippen LogP contribution < -0.4 is 16.4 Å². The summed E-state index contributed by atoms with van der Waals surface area (Å²) < 4.78 is 5.28. The minimum Gasteiger partial charge on any atom is -0.444 e. The standard InChI is InChI=1S/C15H23N3O2S/c1-14(2,3)20-13(19)18-15(4,5)10-6-8-11(9-7-10)17-12(16)21/h6-9H,1-5H3,(H,18,19)(H3,16,17,21). The fourth-order valence-corrected chi connectivity index (χ4v) is 1.86. The highest BCUT2D eigenvalue weighted by Crippen LogP contribution is 2.22. The predicted molar refractivity (Wildman–Crippen MR) is 89.2 cm³/mol. The number of rotatable bonds is 3. The van der Waals surface area contributed by atoms with Gasteiger partial charge in [-0.15, -0.1) is 0 Å². The maximum Gasteiger partial charge on any atom is 0.408 e. The molecule has 1 amide bonds. The minimum absolute atomic E-state index is 0.217. The third-order valence-corrected chi connectivity index (χ3v) is 2.79. The molecule has 0 heterocycles. The summed E-state index contributed by atoms with van der Waals surface area (Å²) in [6.07, 6.45) is -0.446. The van der Waals surface area contributed by atoms with Crippen molar-refractivity contribution in [1.82, 2.24) is 5.32 Å². The Bertz CT molecular complexity index is 519. The van der Waals surface area contributed by atoms with Crippen LogP contribution in [0.5, 0.6) is 0 Å². The van der Waals surface area contributed by atoms with Gasteiger partial charge in [0, 0.05) is 5.69 Å². The second kappa shape index (κ2) is 6.30.